The molecule has 2 saturated heterocycles. The van der Waals surface area contributed by atoms with Crippen LogP contribution in [0.4, 0.5) is 0 Å². The van der Waals surface area contributed by atoms with Gasteiger partial charge in [0.05, 0.1) is 12.1 Å². The van der Waals surface area contributed by atoms with Crippen molar-refractivity contribution in [2.24, 2.45) is 5.92 Å². The highest BCUT2D eigenvalue weighted by Crippen LogP contribution is 2.30. The molecule has 0 aliphatic carbocycles. The quantitative estimate of drug-likeness (QED) is 0.400. The molecule has 0 bridgehead atoms. The number of ether oxygens (including phenoxy) is 1. The topological polar surface area (TPSA) is 111 Å². The van der Waals surface area contributed by atoms with E-state index in [4.69, 9.17) is 4.74 Å². The van der Waals surface area contributed by atoms with Crippen LogP contribution in [0.15, 0.2) is 0 Å². The maximum Gasteiger partial charge on any atom is 0.237 e. The lowest BCUT2D eigenvalue weighted by molar-refractivity contribution is -0.205. The molecule has 2 heterocycles. The van der Waals surface area contributed by atoms with Gasteiger partial charge in [-0.05, 0) is 44.4 Å². The summed E-state index contributed by atoms with van der Waals surface area (Å²) in [6.07, 6.45) is 4.08. The molecular weight excluding hydrogens is 380 g/mol. The number of hydrogen-bond donors (Lipinski definition) is 5. The van der Waals surface area contributed by atoms with Crippen LogP contribution in [-0.4, -0.2) is 76.0 Å². The van der Waals surface area contributed by atoms with Crippen LogP contribution in [0.2, 0.25) is 0 Å². The molecule has 0 aromatic rings. The van der Waals surface area contributed by atoms with Gasteiger partial charge in [-0.1, -0.05) is 33.1 Å². The van der Waals surface area contributed by atoms with Crippen LogP contribution in [0.25, 0.3) is 0 Å². The van der Waals surface area contributed by atoms with Gasteiger partial charge in [0.25, 0.3) is 0 Å². The zero-order valence-electron chi connectivity index (χ0n) is 17.3. The lowest BCUT2D eigenvalue weighted by Crippen LogP contribution is -2.63. The van der Waals surface area contributed by atoms with Crippen molar-refractivity contribution in [3.05, 3.63) is 0 Å². The Balaban J connectivity index is 2.02. The zero-order chi connectivity index (χ0) is 20.7. The molecule has 5 N–H and O–H groups in total. The SMILES string of the molecule is CCCC1CCN[C@H](C(=O)N[C@H](CCC)[C@H]2O[C@H](SC)[C@H](O)[C@@H](O)[C@H]2O)CC1. The Labute approximate surface area is 173 Å². The van der Waals surface area contributed by atoms with E-state index in [0.717, 1.165) is 32.2 Å². The second kappa shape index (κ2) is 11.7. The predicted molar refractivity (Wildman–Crippen MR) is 111 cm³/mol. The Morgan fingerprint density at radius 1 is 1.14 bits per heavy atom. The van der Waals surface area contributed by atoms with Gasteiger partial charge in [-0.2, -0.15) is 0 Å². The molecule has 1 amide bonds. The molecule has 28 heavy (non-hydrogen) atoms. The minimum atomic E-state index is -1.29. The van der Waals surface area contributed by atoms with Crippen LogP contribution < -0.4 is 10.6 Å². The fraction of sp³-hybridized carbons (Fsp3) is 0.950. The molecule has 2 rings (SSSR count). The predicted octanol–water partition coefficient (Wildman–Crippen LogP) is 1.00. The van der Waals surface area contributed by atoms with E-state index in [1.54, 1.807) is 6.26 Å². The molecule has 7 nitrogen and oxygen atoms in total. The molecule has 2 aliphatic heterocycles. The average molecular weight is 419 g/mol. The van der Waals surface area contributed by atoms with Gasteiger partial charge in [-0.3, -0.25) is 4.79 Å². The summed E-state index contributed by atoms with van der Waals surface area (Å²) in [6, 6.07) is -0.658. The van der Waals surface area contributed by atoms with E-state index in [1.165, 1.54) is 24.6 Å². The van der Waals surface area contributed by atoms with Crippen molar-refractivity contribution < 1.29 is 24.9 Å². The summed E-state index contributed by atoms with van der Waals surface area (Å²) in [5.74, 6) is 0.594. The fourth-order valence-electron chi connectivity index (χ4n) is 4.35. The summed E-state index contributed by atoms with van der Waals surface area (Å²) < 4.78 is 5.87. The smallest absolute Gasteiger partial charge is 0.237 e. The van der Waals surface area contributed by atoms with Crippen molar-refractivity contribution in [2.75, 3.05) is 12.8 Å². The van der Waals surface area contributed by atoms with Crippen molar-refractivity contribution in [1.29, 1.82) is 0 Å². The van der Waals surface area contributed by atoms with Gasteiger partial charge in [0.1, 0.15) is 29.9 Å². The summed E-state index contributed by atoms with van der Waals surface area (Å²) in [6.45, 7) is 5.04. The summed E-state index contributed by atoms with van der Waals surface area (Å²) in [5.41, 5.74) is -0.634. The van der Waals surface area contributed by atoms with Crippen molar-refractivity contribution >= 4 is 17.7 Å². The summed E-state index contributed by atoms with van der Waals surface area (Å²) in [7, 11) is 0. The number of hydrogen-bond acceptors (Lipinski definition) is 7. The molecule has 0 saturated carbocycles. The second-order valence-corrected chi connectivity index (χ2v) is 9.04. The van der Waals surface area contributed by atoms with Crippen LogP contribution in [-0.2, 0) is 9.53 Å². The Bertz CT molecular complexity index is 482. The van der Waals surface area contributed by atoms with Crippen LogP contribution in [0, 0.1) is 5.92 Å². The van der Waals surface area contributed by atoms with Gasteiger partial charge in [-0.15, -0.1) is 11.8 Å². The van der Waals surface area contributed by atoms with Crippen LogP contribution >= 0.6 is 11.8 Å². The summed E-state index contributed by atoms with van der Waals surface area (Å²) in [5, 5.41) is 37.2. The minimum Gasteiger partial charge on any atom is -0.388 e. The van der Waals surface area contributed by atoms with E-state index in [0.29, 0.717) is 12.3 Å². The lowest BCUT2D eigenvalue weighted by Gasteiger charge is -2.43. The number of carbonyl (C=O) groups is 1. The molecule has 164 valence electrons. The first-order chi connectivity index (χ1) is 13.4. The van der Waals surface area contributed by atoms with Gasteiger partial charge < -0.3 is 30.7 Å². The van der Waals surface area contributed by atoms with Gasteiger partial charge in [0.15, 0.2) is 0 Å². The van der Waals surface area contributed by atoms with Crippen LogP contribution in [0.1, 0.15) is 58.8 Å². The lowest BCUT2D eigenvalue weighted by atomic mass is 9.92. The number of amides is 1. The third-order valence-corrected chi connectivity index (χ3v) is 6.84. The fourth-order valence-corrected chi connectivity index (χ4v) is 5.02. The van der Waals surface area contributed by atoms with Crippen molar-refractivity contribution in [2.45, 2.75) is 101 Å². The van der Waals surface area contributed by atoms with Crippen molar-refractivity contribution in [3.8, 4) is 0 Å². The Morgan fingerprint density at radius 2 is 1.89 bits per heavy atom. The molecule has 1 unspecified atom stereocenters. The summed E-state index contributed by atoms with van der Waals surface area (Å²) >= 11 is 1.29. The van der Waals surface area contributed by atoms with E-state index in [1.807, 2.05) is 6.92 Å². The first-order valence-corrected chi connectivity index (χ1v) is 12.0. The third-order valence-electron chi connectivity index (χ3n) is 5.98. The number of nitrogens with one attached hydrogen (secondary N) is 2. The van der Waals surface area contributed by atoms with Crippen molar-refractivity contribution in [3.63, 3.8) is 0 Å². The van der Waals surface area contributed by atoms with E-state index in [9.17, 15) is 20.1 Å². The first kappa shape index (κ1) is 23.9. The Hall–Kier alpha value is -0.380. The standard InChI is InChI=1S/C20H38N2O5S/c1-4-6-12-8-9-14(21-11-10-12)19(26)22-13(7-5-2)18-16(24)15(23)17(25)20(27-18)28-3/h12-18,20-21,23-25H,4-11H2,1-3H3,(H,22,26)/t12?,13-,14+,15+,16-,17-,18-,20-/m1/s1. The molecule has 2 fully saturated rings. The van der Waals surface area contributed by atoms with E-state index >= 15 is 0 Å². The first-order valence-electron chi connectivity index (χ1n) is 10.7. The Morgan fingerprint density at radius 3 is 2.54 bits per heavy atom. The minimum absolute atomic E-state index is 0.0762. The van der Waals surface area contributed by atoms with E-state index in [-0.39, 0.29) is 11.9 Å². The second-order valence-electron chi connectivity index (χ2n) is 8.11. The van der Waals surface area contributed by atoms with E-state index in [2.05, 4.69) is 17.6 Å². The molecule has 0 radical (unpaired) electrons. The maximum absolute atomic E-state index is 12.9. The van der Waals surface area contributed by atoms with Gasteiger partial charge >= 0.3 is 0 Å². The highest BCUT2D eigenvalue weighted by atomic mass is 32.2. The normalized spacial score (nSPS) is 37.9. The molecule has 8 heteroatoms. The zero-order valence-corrected chi connectivity index (χ0v) is 18.2. The summed E-state index contributed by atoms with van der Waals surface area (Å²) in [4.78, 5) is 12.9. The van der Waals surface area contributed by atoms with Crippen molar-refractivity contribution in [1.82, 2.24) is 10.6 Å². The monoisotopic (exact) mass is 418 g/mol. The number of aliphatic hydroxyl groups is 3. The van der Waals surface area contributed by atoms with Gasteiger partial charge in [0.2, 0.25) is 5.91 Å². The largest absolute Gasteiger partial charge is 0.388 e. The molecule has 8 atom stereocenters. The molecular formula is C20H38N2O5S. The molecule has 0 aromatic heterocycles. The third kappa shape index (κ3) is 6.06. The molecule has 2 aliphatic rings. The molecule has 0 aromatic carbocycles. The van der Waals surface area contributed by atoms with Gasteiger partial charge in [0, 0.05) is 0 Å². The van der Waals surface area contributed by atoms with Crippen LogP contribution in [0.3, 0.4) is 0 Å². The van der Waals surface area contributed by atoms with E-state index < -0.39 is 35.9 Å². The van der Waals surface area contributed by atoms with Gasteiger partial charge in [-0.25, -0.2) is 0 Å². The number of carbonyl (C=O) groups excluding carboxylic acids is 1. The maximum atomic E-state index is 12.9. The highest BCUT2D eigenvalue weighted by Gasteiger charge is 2.46. The number of rotatable bonds is 8. The number of thioether (sulfide) groups is 1. The number of aliphatic hydroxyl groups excluding tert-OH is 3. The van der Waals surface area contributed by atoms with Crippen LogP contribution in [0.5, 0.6) is 0 Å². The Kier molecular flexibility index (Phi) is 10.00. The average Bonchev–Trinajstić information content (AvgIpc) is 2.92. The molecule has 0 spiro atoms. The highest BCUT2D eigenvalue weighted by molar-refractivity contribution is 7.99.